The Morgan fingerprint density at radius 3 is 2.70 bits per heavy atom. The van der Waals surface area contributed by atoms with Crippen molar-refractivity contribution in [1.29, 1.82) is 0 Å². The average molecular weight is 452 g/mol. The SMILES string of the molecule is CCCCn1c(=O)c(CCC(=O)OCC(=O)Nc2cc(C)ccc2OC)nc2ccccc21. The van der Waals surface area contributed by atoms with E-state index in [0.717, 1.165) is 23.9 Å². The average Bonchev–Trinajstić information content (AvgIpc) is 2.81. The van der Waals surface area contributed by atoms with Gasteiger partial charge in [0.1, 0.15) is 11.4 Å². The lowest BCUT2D eigenvalue weighted by Crippen LogP contribution is -2.27. The van der Waals surface area contributed by atoms with Gasteiger partial charge in [-0.15, -0.1) is 0 Å². The molecule has 33 heavy (non-hydrogen) atoms. The van der Waals surface area contributed by atoms with Crippen LogP contribution in [0.25, 0.3) is 11.0 Å². The van der Waals surface area contributed by atoms with Crippen LogP contribution < -0.4 is 15.6 Å². The molecule has 0 aliphatic carbocycles. The summed E-state index contributed by atoms with van der Waals surface area (Å²) < 4.78 is 12.0. The van der Waals surface area contributed by atoms with E-state index < -0.39 is 18.5 Å². The number of aryl methyl sites for hydroxylation is 3. The zero-order valence-electron chi connectivity index (χ0n) is 19.2. The minimum Gasteiger partial charge on any atom is -0.495 e. The van der Waals surface area contributed by atoms with Gasteiger partial charge >= 0.3 is 5.97 Å². The summed E-state index contributed by atoms with van der Waals surface area (Å²) in [7, 11) is 1.51. The predicted molar refractivity (Wildman–Crippen MR) is 127 cm³/mol. The van der Waals surface area contributed by atoms with E-state index in [2.05, 4.69) is 17.2 Å². The molecule has 0 fully saturated rings. The van der Waals surface area contributed by atoms with Gasteiger partial charge in [-0.25, -0.2) is 4.98 Å². The summed E-state index contributed by atoms with van der Waals surface area (Å²) in [5.41, 5.74) is 3.07. The van der Waals surface area contributed by atoms with Crippen LogP contribution in [0.15, 0.2) is 47.3 Å². The number of hydrogen-bond donors (Lipinski definition) is 1. The number of aromatic nitrogens is 2. The van der Waals surface area contributed by atoms with Crippen LogP contribution in [0, 0.1) is 6.92 Å². The van der Waals surface area contributed by atoms with Crippen LogP contribution >= 0.6 is 0 Å². The second kappa shape index (κ2) is 11.3. The predicted octanol–water partition coefficient (Wildman–Crippen LogP) is 3.63. The Balaban J connectivity index is 1.61. The van der Waals surface area contributed by atoms with E-state index in [9.17, 15) is 14.4 Å². The van der Waals surface area contributed by atoms with Crippen LogP contribution in [0.3, 0.4) is 0 Å². The zero-order chi connectivity index (χ0) is 23.8. The number of ether oxygens (including phenoxy) is 2. The quantitative estimate of drug-likeness (QED) is 0.473. The van der Waals surface area contributed by atoms with Crippen molar-refractivity contribution >= 4 is 28.6 Å². The number of nitrogens with one attached hydrogen (secondary N) is 1. The highest BCUT2D eigenvalue weighted by atomic mass is 16.5. The number of hydrogen-bond acceptors (Lipinski definition) is 6. The minimum atomic E-state index is -0.573. The molecule has 0 unspecified atom stereocenters. The lowest BCUT2D eigenvalue weighted by Gasteiger charge is -2.12. The van der Waals surface area contributed by atoms with Gasteiger partial charge in [0.25, 0.3) is 11.5 Å². The second-order valence-corrected chi connectivity index (χ2v) is 7.77. The molecule has 0 atom stereocenters. The molecule has 0 radical (unpaired) electrons. The fraction of sp³-hybridized carbons (Fsp3) is 0.360. The minimum absolute atomic E-state index is 0.0462. The van der Waals surface area contributed by atoms with Crippen molar-refractivity contribution in [3.63, 3.8) is 0 Å². The van der Waals surface area contributed by atoms with Crippen LogP contribution in [-0.4, -0.2) is 35.1 Å². The molecule has 0 aliphatic rings. The molecule has 1 heterocycles. The van der Waals surface area contributed by atoms with Crippen molar-refractivity contribution in [3.8, 4) is 5.75 Å². The van der Waals surface area contributed by atoms with Crippen molar-refractivity contribution in [2.75, 3.05) is 19.0 Å². The Hall–Kier alpha value is -3.68. The number of unbranched alkanes of at least 4 members (excludes halogenated alkanes) is 1. The molecule has 1 aromatic heterocycles. The number of carbonyl (C=O) groups excluding carboxylic acids is 2. The third-order valence-electron chi connectivity index (χ3n) is 5.21. The van der Waals surface area contributed by atoms with E-state index in [0.29, 0.717) is 29.2 Å². The Morgan fingerprint density at radius 1 is 1.15 bits per heavy atom. The largest absolute Gasteiger partial charge is 0.495 e. The number of esters is 1. The van der Waals surface area contributed by atoms with Gasteiger partial charge in [0.05, 0.1) is 30.3 Å². The third-order valence-corrected chi connectivity index (χ3v) is 5.21. The first-order chi connectivity index (χ1) is 15.9. The Labute approximate surface area is 192 Å². The first-order valence-corrected chi connectivity index (χ1v) is 11.0. The molecular weight excluding hydrogens is 422 g/mol. The summed E-state index contributed by atoms with van der Waals surface area (Å²) in [5.74, 6) is -0.532. The Bertz CT molecular complexity index is 1200. The number of benzene rings is 2. The Kier molecular flexibility index (Phi) is 8.18. The number of fused-ring (bicyclic) bond motifs is 1. The molecule has 0 saturated heterocycles. The lowest BCUT2D eigenvalue weighted by molar-refractivity contribution is -0.147. The van der Waals surface area contributed by atoms with Crippen LogP contribution in [0.5, 0.6) is 5.75 Å². The summed E-state index contributed by atoms with van der Waals surface area (Å²) in [4.78, 5) is 41.8. The van der Waals surface area contributed by atoms with Gasteiger partial charge in [0, 0.05) is 13.0 Å². The van der Waals surface area contributed by atoms with Gasteiger partial charge in [0.2, 0.25) is 0 Å². The second-order valence-electron chi connectivity index (χ2n) is 7.77. The van der Waals surface area contributed by atoms with Crippen molar-refractivity contribution in [1.82, 2.24) is 9.55 Å². The first-order valence-electron chi connectivity index (χ1n) is 11.0. The van der Waals surface area contributed by atoms with Gasteiger partial charge in [-0.05, 0) is 43.2 Å². The van der Waals surface area contributed by atoms with E-state index >= 15 is 0 Å². The molecule has 8 nitrogen and oxygen atoms in total. The molecule has 3 aromatic rings. The maximum absolute atomic E-state index is 12.9. The van der Waals surface area contributed by atoms with Gasteiger partial charge in [-0.2, -0.15) is 0 Å². The number of rotatable bonds is 10. The molecule has 1 amide bonds. The van der Waals surface area contributed by atoms with E-state index in [4.69, 9.17) is 9.47 Å². The topological polar surface area (TPSA) is 99.5 Å². The first kappa shape index (κ1) is 24.0. The van der Waals surface area contributed by atoms with Crippen molar-refractivity contribution in [2.45, 2.75) is 46.1 Å². The van der Waals surface area contributed by atoms with Crippen molar-refractivity contribution in [2.24, 2.45) is 0 Å². The smallest absolute Gasteiger partial charge is 0.306 e. The number of methoxy groups -OCH3 is 1. The monoisotopic (exact) mass is 451 g/mol. The van der Waals surface area contributed by atoms with Gasteiger partial charge in [0.15, 0.2) is 6.61 Å². The van der Waals surface area contributed by atoms with Crippen molar-refractivity contribution < 1.29 is 19.1 Å². The maximum atomic E-state index is 12.9. The summed E-state index contributed by atoms with van der Waals surface area (Å²) in [6.07, 6.45) is 1.93. The van der Waals surface area contributed by atoms with Crippen LogP contribution in [0.1, 0.15) is 37.4 Å². The molecule has 0 saturated carbocycles. The lowest BCUT2D eigenvalue weighted by atomic mass is 10.2. The molecule has 0 bridgehead atoms. The molecule has 1 N–H and O–H groups in total. The third kappa shape index (κ3) is 6.19. The molecule has 174 valence electrons. The molecule has 2 aromatic carbocycles. The molecule has 0 spiro atoms. The summed E-state index contributed by atoms with van der Waals surface area (Å²) in [6.45, 7) is 4.13. The Morgan fingerprint density at radius 2 is 1.94 bits per heavy atom. The van der Waals surface area contributed by atoms with Crippen LogP contribution in [0.2, 0.25) is 0 Å². The normalized spacial score (nSPS) is 10.8. The number of amides is 1. The zero-order valence-corrected chi connectivity index (χ0v) is 19.2. The molecular formula is C25H29N3O5. The molecule has 8 heteroatoms. The van der Waals surface area contributed by atoms with E-state index in [1.54, 1.807) is 16.7 Å². The van der Waals surface area contributed by atoms with Gasteiger partial charge < -0.3 is 19.4 Å². The maximum Gasteiger partial charge on any atom is 0.306 e. The molecule has 3 rings (SSSR count). The molecule has 0 aliphatic heterocycles. The van der Waals surface area contributed by atoms with Crippen LogP contribution in [0.4, 0.5) is 5.69 Å². The fourth-order valence-corrected chi connectivity index (χ4v) is 3.49. The van der Waals surface area contributed by atoms with Crippen LogP contribution in [-0.2, 0) is 27.3 Å². The summed E-state index contributed by atoms with van der Waals surface area (Å²) in [5, 5.41) is 2.68. The van der Waals surface area contributed by atoms with E-state index in [-0.39, 0.29) is 18.4 Å². The van der Waals surface area contributed by atoms with Gasteiger partial charge in [-0.1, -0.05) is 31.5 Å². The number of nitrogens with zero attached hydrogens (tertiary/aromatic N) is 2. The highest BCUT2D eigenvalue weighted by Gasteiger charge is 2.15. The highest BCUT2D eigenvalue weighted by Crippen LogP contribution is 2.25. The standard InChI is InChI=1S/C25H29N3O5/c1-4-5-14-28-21-9-7-6-8-18(21)26-19(25(28)31)11-13-24(30)33-16-23(29)27-20-15-17(2)10-12-22(20)32-3/h6-10,12,15H,4-5,11,13-14,16H2,1-3H3,(H,27,29). The van der Waals surface area contributed by atoms with Gasteiger partial charge in [-0.3, -0.25) is 14.4 Å². The number of anilines is 1. The van der Waals surface area contributed by atoms with E-state index in [1.807, 2.05) is 37.3 Å². The number of para-hydroxylation sites is 2. The highest BCUT2D eigenvalue weighted by molar-refractivity contribution is 5.94. The summed E-state index contributed by atoms with van der Waals surface area (Å²) in [6, 6.07) is 12.9. The fourth-order valence-electron chi connectivity index (χ4n) is 3.49. The van der Waals surface area contributed by atoms with Crippen molar-refractivity contribution in [3.05, 3.63) is 64.1 Å². The summed E-state index contributed by atoms with van der Waals surface area (Å²) >= 11 is 0. The van der Waals surface area contributed by atoms with E-state index in [1.165, 1.54) is 7.11 Å². The number of carbonyl (C=O) groups is 2.